The van der Waals surface area contributed by atoms with E-state index in [-0.39, 0.29) is 23.0 Å². The van der Waals surface area contributed by atoms with Crippen LogP contribution in [0, 0.1) is 11.2 Å². The molecular formula is C31H30F7N5O7S. The van der Waals surface area contributed by atoms with Crippen LogP contribution < -0.4 is 15.4 Å². The number of sulfone groups is 1. The van der Waals surface area contributed by atoms with Gasteiger partial charge >= 0.3 is 24.3 Å². The average Bonchev–Trinajstić information content (AvgIpc) is 3.52. The second kappa shape index (κ2) is 16.8. The molecule has 20 heteroatoms. The summed E-state index contributed by atoms with van der Waals surface area (Å²) in [5, 5.41) is 21.9. The Bertz CT molecular complexity index is 1940. The summed E-state index contributed by atoms with van der Waals surface area (Å²) in [5.41, 5.74) is 9.02. The summed E-state index contributed by atoms with van der Waals surface area (Å²) < 4.78 is 109. The molecule has 276 valence electrons. The number of nitrogens with one attached hydrogen (secondary N) is 2. The van der Waals surface area contributed by atoms with Crippen LogP contribution in [0.1, 0.15) is 23.9 Å². The quantitative estimate of drug-likeness (QED) is 0.0759. The van der Waals surface area contributed by atoms with Crippen molar-refractivity contribution in [3.05, 3.63) is 89.6 Å². The first kappa shape index (κ1) is 41.5. The number of imidazole rings is 1. The summed E-state index contributed by atoms with van der Waals surface area (Å²) in [4.78, 5) is 27.4. The Morgan fingerprint density at radius 1 is 0.980 bits per heavy atom. The van der Waals surface area contributed by atoms with Crippen molar-refractivity contribution in [2.24, 2.45) is 5.73 Å². The molecule has 0 bridgehead atoms. The smallest absolute Gasteiger partial charge is 0.490 e. The summed E-state index contributed by atoms with van der Waals surface area (Å²) in [7, 11) is -2.04. The van der Waals surface area contributed by atoms with Crippen LogP contribution in [0.3, 0.4) is 0 Å². The summed E-state index contributed by atoms with van der Waals surface area (Å²) in [6.45, 7) is 2.12. The van der Waals surface area contributed by atoms with Gasteiger partial charge in [0.2, 0.25) is 0 Å². The number of nitrogens with zero attached hydrogens (tertiary/aromatic N) is 2. The maximum Gasteiger partial charge on any atom is 0.490 e. The highest BCUT2D eigenvalue weighted by atomic mass is 32.2. The van der Waals surface area contributed by atoms with E-state index in [1.165, 1.54) is 7.11 Å². The molecule has 0 radical (unpaired) electrons. The van der Waals surface area contributed by atoms with E-state index in [1.807, 2.05) is 6.92 Å². The Hall–Kier alpha value is -5.66. The number of hydrogen-bond acceptors (Lipinski definition) is 8. The number of hydrogen-bond donors (Lipinski definition) is 5. The van der Waals surface area contributed by atoms with Gasteiger partial charge in [-0.25, -0.2) is 27.4 Å². The number of aromatic nitrogens is 2. The third-order valence-electron chi connectivity index (χ3n) is 6.49. The molecular weight excluding hydrogens is 719 g/mol. The number of carboxylic acid groups (broad SMARTS) is 2. The standard InChI is InChI=1S/C27H28FN5O3S.2C2HF3O2/c1-4-17-13-22(26(28)23(14-17)36-2)33(19-11-9-18(10-12-19)27(29)30)16-25-31-15-21(32-25)20-7-5-6-8-24(20)37(3,34)35;2*3-2(4,5)1(6)7/h5-15H,4,16H2,1-3H3,(H3,29,30)(H,31,32);2*(H,6,7). The lowest BCUT2D eigenvalue weighted by Gasteiger charge is -2.26. The molecule has 0 atom stereocenters. The number of benzene rings is 3. The van der Waals surface area contributed by atoms with Gasteiger partial charge < -0.3 is 30.6 Å². The molecule has 0 saturated heterocycles. The number of aliphatic carboxylic acids is 2. The number of methoxy groups -OCH3 is 1. The van der Waals surface area contributed by atoms with Gasteiger partial charge in [-0.3, -0.25) is 5.41 Å². The predicted octanol–water partition coefficient (Wildman–Crippen LogP) is 6.08. The summed E-state index contributed by atoms with van der Waals surface area (Å²) in [6, 6.07) is 17.0. The molecule has 0 fully saturated rings. The van der Waals surface area contributed by atoms with Crippen LogP contribution in [0.5, 0.6) is 5.75 Å². The van der Waals surface area contributed by atoms with Crippen LogP contribution in [-0.2, 0) is 32.4 Å². The van der Waals surface area contributed by atoms with Gasteiger partial charge in [0, 0.05) is 23.1 Å². The number of anilines is 2. The third-order valence-corrected chi connectivity index (χ3v) is 7.64. The maximum atomic E-state index is 15.6. The van der Waals surface area contributed by atoms with Crippen LogP contribution >= 0.6 is 0 Å². The summed E-state index contributed by atoms with van der Waals surface area (Å²) in [6.07, 6.45) is -6.77. The fourth-order valence-electron chi connectivity index (χ4n) is 4.07. The van der Waals surface area contributed by atoms with Crippen molar-refractivity contribution in [1.29, 1.82) is 5.41 Å². The van der Waals surface area contributed by atoms with E-state index < -0.39 is 39.9 Å². The monoisotopic (exact) mass is 749 g/mol. The van der Waals surface area contributed by atoms with E-state index in [1.54, 1.807) is 71.8 Å². The average molecular weight is 750 g/mol. The zero-order valence-corrected chi connectivity index (χ0v) is 27.5. The lowest BCUT2D eigenvalue weighted by Crippen LogP contribution is -2.21. The molecule has 1 aromatic heterocycles. The van der Waals surface area contributed by atoms with Crippen molar-refractivity contribution < 1.29 is 63.7 Å². The largest absolute Gasteiger partial charge is 0.494 e. The number of alkyl halides is 6. The van der Waals surface area contributed by atoms with Crippen molar-refractivity contribution in [3.63, 3.8) is 0 Å². The van der Waals surface area contributed by atoms with Crippen molar-refractivity contribution in [2.75, 3.05) is 18.3 Å². The molecule has 1 heterocycles. The van der Waals surface area contributed by atoms with E-state index >= 15 is 4.39 Å². The van der Waals surface area contributed by atoms with Crippen LogP contribution in [0.15, 0.2) is 71.8 Å². The highest BCUT2D eigenvalue weighted by molar-refractivity contribution is 7.90. The van der Waals surface area contributed by atoms with Crippen molar-refractivity contribution in [2.45, 2.75) is 37.1 Å². The lowest BCUT2D eigenvalue weighted by atomic mass is 10.1. The van der Waals surface area contributed by atoms with E-state index in [4.69, 9.17) is 35.7 Å². The molecule has 0 amide bonds. The molecule has 6 N–H and O–H groups in total. The van der Waals surface area contributed by atoms with Crippen molar-refractivity contribution in [1.82, 2.24) is 9.97 Å². The molecule has 0 aliphatic heterocycles. The van der Waals surface area contributed by atoms with E-state index in [2.05, 4.69) is 9.97 Å². The highest BCUT2D eigenvalue weighted by Crippen LogP contribution is 2.36. The zero-order valence-electron chi connectivity index (χ0n) is 26.7. The molecule has 3 aromatic carbocycles. The Kier molecular flexibility index (Phi) is 13.7. The van der Waals surface area contributed by atoms with Gasteiger partial charge in [0.25, 0.3) is 0 Å². The number of carbonyl (C=O) groups is 2. The van der Waals surface area contributed by atoms with Crippen molar-refractivity contribution in [3.8, 4) is 17.0 Å². The summed E-state index contributed by atoms with van der Waals surface area (Å²) in [5.74, 6) is -5.49. The van der Waals surface area contributed by atoms with Crippen LogP contribution in [0.2, 0.25) is 0 Å². The van der Waals surface area contributed by atoms with Crippen LogP contribution in [-0.4, -0.2) is 72.1 Å². The minimum Gasteiger partial charge on any atom is -0.494 e. The Balaban J connectivity index is 0.000000543. The van der Waals surface area contributed by atoms with Crippen LogP contribution in [0.25, 0.3) is 11.3 Å². The van der Waals surface area contributed by atoms with Gasteiger partial charge in [-0.2, -0.15) is 26.3 Å². The molecule has 0 spiro atoms. The number of carboxylic acids is 2. The number of amidine groups is 1. The number of halogens is 7. The normalized spacial score (nSPS) is 11.3. The van der Waals surface area contributed by atoms with Gasteiger partial charge in [-0.15, -0.1) is 0 Å². The molecule has 0 aliphatic rings. The fraction of sp³-hybridized carbons (Fsp3) is 0.226. The first-order valence-corrected chi connectivity index (χ1v) is 15.9. The lowest BCUT2D eigenvalue weighted by molar-refractivity contribution is -0.193. The SMILES string of the molecule is CCc1cc(OC)c(F)c(N(Cc2ncc(-c3ccccc3S(C)(=O)=O)[nH]2)c2ccc(C(=N)N)cc2)c1.O=C(O)C(F)(F)F.O=C(O)C(F)(F)F. The molecule has 12 nitrogen and oxygen atoms in total. The number of H-pyrrole nitrogens is 1. The molecule has 0 unspecified atom stereocenters. The Labute approximate surface area is 285 Å². The number of nitrogen functional groups attached to an aromatic ring is 1. The van der Waals surface area contributed by atoms with Gasteiger partial charge in [0.15, 0.2) is 21.4 Å². The van der Waals surface area contributed by atoms with E-state index in [0.29, 0.717) is 40.4 Å². The number of nitrogens with two attached hydrogens (primary N) is 1. The minimum absolute atomic E-state index is 0.0702. The molecule has 4 rings (SSSR count). The number of rotatable bonds is 9. The Morgan fingerprint density at radius 3 is 1.96 bits per heavy atom. The minimum atomic E-state index is -5.08. The van der Waals surface area contributed by atoms with Crippen LogP contribution in [0.4, 0.5) is 42.1 Å². The molecule has 51 heavy (non-hydrogen) atoms. The molecule has 0 aliphatic carbocycles. The first-order valence-electron chi connectivity index (χ1n) is 14.0. The Morgan fingerprint density at radius 2 is 1.51 bits per heavy atom. The number of aromatic amines is 1. The van der Waals surface area contributed by atoms with Gasteiger partial charge in [-0.1, -0.05) is 25.1 Å². The molecule has 4 aromatic rings. The number of aryl methyl sites for hydroxylation is 1. The van der Waals surface area contributed by atoms with E-state index in [0.717, 1.165) is 11.8 Å². The highest BCUT2D eigenvalue weighted by Gasteiger charge is 2.39. The van der Waals surface area contributed by atoms with E-state index in [9.17, 15) is 34.8 Å². The van der Waals surface area contributed by atoms with Gasteiger partial charge in [-0.05, 0) is 54.4 Å². The molecule has 0 saturated carbocycles. The maximum absolute atomic E-state index is 15.6. The van der Waals surface area contributed by atoms with Gasteiger partial charge in [0.05, 0.1) is 36.1 Å². The second-order valence-corrected chi connectivity index (χ2v) is 12.1. The first-order chi connectivity index (χ1) is 23.5. The predicted molar refractivity (Wildman–Crippen MR) is 170 cm³/mol. The fourth-order valence-corrected chi connectivity index (χ4v) is 4.97. The summed E-state index contributed by atoms with van der Waals surface area (Å²) >= 11 is 0. The van der Waals surface area contributed by atoms with Crippen molar-refractivity contribution >= 4 is 39.0 Å². The van der Waals surface area contributed by atoms with Gasteiger partial charge in [0.1, 0.15) is 11.7 Å². The zero-order chi connectivity index (χ0) is 38.9. The topological polar surface area (TPSA) is 200 Å². The third kappa shape index (κ3) is 11.7. The number of ether oxygens (including phenoxy) is 1. The second-order valence-electron chi connectivity index (χ2n) is 10.1.